The van der Waals surface area contributed by atoms with E-state index in [-0.39, 0.29) is 23.9 Å². The van der Waals surface area contributed by atoms with Gasteiger partial charge in [-0.1, -0.05) is 0 Å². The fourth-order valence-corrected chi connectivity index (χ4v) is 1.39. The van der Waals surface area contributed by atoms with Gasteiger partial charge in [-0.3, -0.25) is 10.3 Å². The molecular weight excluding hydrogens is 270 g/mol. The third kappa shape index (κ3) is 2.87. The number of nitrogens with one attached hydrogen (secondary N) is 1. The number of hydrogen-bond donors (Lipinski definition) is 5. The number of aromatic nitrogens is 2. The first-order valence-corrected chi connectivity index (χ1v) is 5.44. The van der Waals surface area contributed by atoms with E-state index in [2.05, 4.69) is 10.6 Å². The number of hydrogen-bond acceptors (Lipinski definition) is 7. The average molecular weight is 287 g/mol. The van der Waals surface area contributed by atoms with Crippen LogP contribution in [0.4, 0.5) is 26.9 Å². The molecule has 9 N–H and O–H groups in total. The largest absolute Gasteiger partial charge is 0.350 e. The van der Waals surface area contributed by atoms with Crippen molar-refractivity contribution in [2.75, 3.05) is 22.1 Å². The first-order chi connectivity index (χ1) is 9.31. The van der Waals surface area contributed by atoms with Crippen LogP contribution in [0.3, 0.4) is 0 Å². The van der Waals surface area contributed by atoms with E-state index in [1.54, 1.807) is 6.92 Å². The van der Waals surface area contributed by atoms with Gasteiger partial charge in [0.25, 0.3) is 0 Å². The number of amides is 4. The highest BCUT2D eigenvalue weighted by Gasteiger charge is 2.27. The van der Waals surface area contributed by atoms with Crippen molar-refractivity contribution >= 4 is 29.4 Å². The number of rotatable bonds is 5. The maximum absolute atomic E-state index is 11.2. The molecule has 1 heterocycles. The summed E-state index contributed by atoms with van der Waals surface area (Å²) in [5, 5.41) is 5.12. The summed E-state index contributed by atoms with van der Waals surface area (Å²) in [6.45, 7) is 2.00. The number of primary amides is 2. The number of carbonyl (C=O) groups is 2. The van der Waals surface area contributed by atoms with Gasteiger partial charge in [-0.2, -0.15) is 0 Å². The molecule has 20 heavy (non-hydrogen) atoms. The summed E-state index contributed by atoms with van der Waals surface area (Å²) < 4.78 is 1.18. The van der Waals surface area contributed by atoms with Crippen molar-refractivity contribution in [3.63, 3.8) is 0 Å². The second-order valence-electron chi connectivity index (χ2n) is 3.60. The average Bonchev–Trinajstić information content (AvgIpc) is 2.70. The molecule has 4 amide bonds. The van der Waals surface area contributed by atoms with Gasteiger partial charge in [-0.05, 0) is 6.92 Å². The second kappa shape index (κ2) is 6.05. The molecule has 0 unspecified atom stereocenters. The number of urea groups is 2. The Labute approximate surface area is 114 Å². The number of nitrogens with two attached hydrogens (primary N) is 4. The number of hydrazine groups is 2. The van der Waals surface area contributed by atoms with Gasteiger partial charge in [0.2, 0.25) is 5.82 Å². The van der Waals surface area contributed by atoms with E-state index >= 15 is 0 Å². The van der Waals surface area contributed by atoms with E-state index in [0.29, 0.717) is 10.0 Å². The van der Waals surface area contributed by atoms with Crippen LogP contribution < -0.4 is 38.7 Å². The van der Waals surface area contributed by atoms with E-state index in [1.165, 1.54) is 11.7 Å². The number of nitrogens with zero attached hydrogens (tertiary/aromatic N) is 4. The van der Waals surface area contributed by atoms with Crippen LogP contribution in [-0.4, -0.2) is 28.4 Å². The van der Waals surface area contributed by atoms with Crippen molar-refractivity contribution < 1.29 is 14.4 Å². The van der Waals surface area contributed by atoms with E-state index in [1.807, 2.05) is 0 Å². The summed E-state index contributed by atoms with van der Waals surface area (Å²) in [5.41, 5.74) is 12.7. The van der Waals surface area contributed by atoms with Crippen molar-refractivity contribution in [1.82, 2.24) is 9.78 Å². The Hall–Kier alpha value is -2.57. The topological polar surface area (TPSA) is 184 Å². The quantitative estimate of drug-likeness (QED) is 0.242. The summed E-state index contributed by atoms with van der Waals surface area (Å²) in [7, 11) is 1.47. The standard InChI is InChI=1S/C8H17N9O3/c1-3-20-14-4-5(16(11)7(9)18)13-15(2)6(4)17(12)8(10)19/h14H,3,11-12H2,1-2H3,(H2,9,18)(H2,10,19). The number of anilines is 3. The Morgan fingerprint density at radius 1 is 1.30 bits per heavy atom. The summed E-state index contributed by atoms with van der Waals surface area (Å²) >= 11 is 0. The molecule has 112 valence electrons. The number of aryl methyl sites for hydroxylation is 1. The molecule has 0 saturated heterocycles. The normalized spacial score (nSPS) is 10.2. The number of carbonyl (C=O) groups excluding carboxylic acids is 2. The van der Waals surface area contributed by atoms with Crippen LogP contribution in [0, 0.1) is 0 Å². The predicted molar refractivity (Wildman–Crippen MR) is 71.0 cm³/mol. The molecule has 12 heteroatoms. The smallest absolute Gasteiger partial charge is 0.335 e. The van der Waals surface area contributed by atoms with E-state index < -0.39 is 12.1 Å². The molecule has 0 bridgehead atoms. The van der Waals surface area contributed by atoms with Crippen LogP contribution >= 0.6 is 0 Å². The molecule has 0 aliphatic carbocycles. The molecule has 0 spiro atoms. The Kier molecular flexibility index (Phi) is 4.68. The van der Waals surface area contributed by atoms with Gasteiger partial charge in [0.1, 0.15) is 0 Å². The van der Waals surface area contributed by atoms with Crippen LogP contribution in [0.2, 0.25) is 0 Å². The SMILES string of the molecule is CCONc1c(N(N)C(N)=O)nn(C)c1N(N)C(N)=O. The van der Waals surface area contributed by atoms with E-state index in [0.717, 1.165) is 0 Å². The zero-order valence-corrected chi connectivity index (χ0v) is 11.0. The molecule has 0 saturated carbocycles. The summed E-state index contributed by atoms with van der Waals surface area (Å²) in [4.78, 5) is 27.3. The van der Waals surface area contributed by atoms with Gasteiger partial charge in [-0.15, -0.1) is 5.10 Å². The highest BCUT2D eigenvalue weighted by atomic mass is 16.6. The van der Waals surface area contributed by atoms with Crippen molar-refractivity contribution in [3.05, 3.63) is 0 Å². The monoisotopic (exact) mass is 287 g/mol. The Morgan fingerprint density at radius 3 is 2.30 bits per heavy atom. The Morgan fingerprint density at radius 2 is 1.85 bits per heavy atom. The van der Waals surface area contributed by atoms with Crippen LogP contribution in [0.5, 0.6) is 0 Å². The minimum atomic E-state index is -0.961. The van der Waals surface area contributed by atoms with Crippen molar-refractivity contribution in [2.45, 2.75) is 6.92 Å². The first-order valence-electron chi connectivity index (χ1n) is 5.44. The molecule has 1 rings (SSSR count). The van der Waals surface area contributed by atoms with Crippen molar-refractivity contribution in [2.24, 2.45) is 30.2 Å². The Bertz CT molecular complexity index is 514. The maximum atomic E-state index is 11.2. The van der Waals surface area contributed by atoms with Gasteiger partial charge in [0, 0.05) is 7.05 Å². The molecule has 12 nitrogen and oxygen atoms in total. The van der Waals surface area contributed by atoms with Gasteiger partial charge >= 0.3 is 12.1 Å². The first kappa shape index (κ1) is 15.5. The third-order valence-corrected chi connectivity index (χ3v) is 2.25. The van der Waals surface area contributed by atoms with Crippen LogP contribution in [0.1, 0.15) is 6.92 Å². The fraction of sp³-hybridized carbons (Fsp3) is 0.375. The van der Waals surface area contributed by atoms with Crippen molar-refractivity contribution in [3.8, 4) is 0 Å². The predicted octanol–water partition coefficient (Wildman–Crippen LogP) is -1.70. The highest BCUT2D eigenvalue weighted by molar-refractivity contribution is 5.98. The maximum Gasteiger partial charge on any atom is 0.335 e. The molecule has 0 radical (unpaired) electrons. The minimum Gasteiger partial charge on any atom is -0.350 e. The lowest BCUT2D eigenvalue weighted by Crippen LogP contribution is -2.43. The minimum absolute atomic E-state index is 0.0395. The van der Waals surface area contributed by atoms with Gasteiger partial charge in [-0.25, -0.2) is 36.0 Å². The molecule has 0 aliphatic rings. The molecule has 0 fully saturated rings. The Balaban J connectivity index is 3.35. The van der Waals surface area contributed by atoms with Gasteiger partial charge in [0.05, 0.1) is 6.61 Å². The lowest BCUT2D eigenvalue weighted by atomic mass is 10.4. The van der Waals surface area contributed by atoms with Crippen LogP contribution in [0.15, 0.2) is 0 Å². The third-order valence-electron chi connectivity index (χ3n) is 2.25. The van der Waals surface area contributed by atoms with Crippen molar-refractivity contribution in [1.29, 1.82) is 0 Å². The highest BCUT2D eigenvalue weighted by Crippen LogP contribution is 2.33. The van der Waals surface area contributed by atoms with Gasteiger partial charge in [0.15, 0.2) is 11.5 Å². The summed E-state index contributed by atoms with van der Waals surface area (Å²) in [5.74, 6) is 11.0. The zero-order valence-electron chi connectivity index (χ0n) is 11.0. The molecule has 0 aromatic carbocycles. The van der Waals surface area contributed by atoms with Crippen LogP contribution in [-0.2, 0) is 11.9 Å². The lowest BCUT2D eigenvalue weighted by molar-refractivity contribution is 0.210. The van der Waals surface area contributed by atoms with Gasteiger partial charge < -0.3 is 11.5 Å². The second-order valence-corrected chi connectivity index (χ2v) is 3.60. The van der Waals surface area contributed by atoms with Crippen LogP contribution in [0.25, 0.3) is 0 Å². The van der Waals surface area contributed by atoms with E-state index in [4.69, 9.17) is 28.0 Å². The molecular formula is C8H17N9O3. The summed E-state index contributed by atoms with van der Waals surface area (Å²) in [6, 6.07) is -1.90. The zero-order chi connectivity index (χ0) is 15.4. The molecule has 0 atom stereocenters. The molecule has 1 aromatic rings. The molecule has 1 aromatic heterocycles. The van der Waals surface area contributed by atoms with E-state index in [9.17, 15) is 9.59 Å². The lowest BCUT2D eigenvalue weighted by Gasteiger charge is -2.17. The fourth-order valence-electron chi connectivity index (χ4n) is 1.39. The summed E-state index contributed by atoms with van der Waals surface area (Å²) in [6.07, 6.45) is 0. The molecule has 0 aliphatic heterocycles.